The molecule has 0 aliphatic rings. The first kappa shape index (κ1) is 9.82. The summed E-state index contributed by atoms with van der Waals surface area (Å²) < 4.78 is 0. The molecule has 0 saturated heterocycles. The Bertz CT molecular complexity index is 348. The van der Waals surface area contributed by atoms with E-state index in [1.54, 1.807) is 12.2 Å². The molecule has 0 atom stereocenters. The van der Waals surface area contributed by atoms with Gasteiger partial charge in [-0.15, -0.1) is 0 Å². The van der Waals surface area contributed by atoms with Gasteiger partial charge in [0.2, 0.25) is 0 Å². The van der Waals surface area contributed by atoms with Gasteiger partial charge in [-0.25, -0.2) is 0 Å². The maximum atomic E-state index is 5.86. The maximum absolute atomic E-state index is 5.86. The van der Waals surface area contributed by atoms with Crippen LogP contribution in [0.4, 0.5) is 0 Å². The molecule has 1 aromatic carbocycles. The van der Waals surface area contributed by atoms with E-state index < -0.39 is 0 Å². The van der Waals surface area contributed by atoms with Crippen molar-refractivity contribution in [3.05, 3.63) is 66.2 Å². The summed E-state index contributed by atoms with van der Waals surface area (Å²) in [6.07, 6.45) is 5.42. The van der Waals surface area contributed by atoms with Crippen LogP contribution in [0, 0.1) is 0 Å². The normalized spacial score (nSPS) is 11.0. The quantitative estimate of drug-likeness (QED) is 0.630. The molecule has 0 spiro atoms. The van der Waals surface area contributed by atoms with Crippen molar-refractivity contribution >= 4 is 17.2 Å². The Labute approximate surface area is 83.9 Å². The number of hydrogen-bond donors (Lipinski definition) is 0. The van der Waals surface area contributed by atoms with Gasteiger partial charge in [-0.05, 0) is 23.3 Å². The Balaban J connectivity index is 3.12. The number of rotatable bonds is 3. The van der Waals surface area contributed by atoms with Gasteiger partial charge in [-0.3, -0.25) is 0 Å². The monoisotopic (exact) mass is 190 g/mol. The van der Waals surface area contributed by atoms with E-state index >= 15 is 0 Å². The Hall–Kier alpha value is -1.27. The first-order valence-electron chi connectivity index (χ1n) is 3.99. The van der Waals surface area contributed by atoms with Crippen molar-refractivity contribution in [2.45, 2.75) is 0 Å². The van der Waals surface area contributed by atoms with Crippen LogP contribution < -0.4 is 0 Å². The third-order valence-corrected chi connectivity index (χ3v) is 1.91. The maximum Gasteiger partial charge on any atom is 0.0412 e. The number of halogens is 1. The molecule has 1 aromatic rings. The van der Waals surface area contributed by atoms with Gasteiger partial charge in [0.25, 0.3) is 0 Å². The lowest BCUT2D eigenvalue weighted by atomic mass is 10.1. The minimum atomic E-state index is 0.731. The van der Waals surface area contributed by atoms with Gasteiger partial charge in [-0.1, -0.05) is 55.1 Å². The summed E-state index contributed by atoms with van der Waals surface area (Å²) in [5, 5.41) is 0.731. The molecule has 0 aliphatic carbocycles. The second-order valence-electron chi connectivity index (χ2n) is 2.57. The van der Waals surface area contributed by atoms with Crippen molar-refractivity contribution in [1.82, 2.24) is 0 Å². The van der Waals surface area contributed by atoms with Crippen LogP contribution in [0.2, 0.25) is 5.02 Å². The highest BCUT2D eigenvalue weighted by Gasteiger charge is 1.96. The Morgan fingerprint density at radius 3 is 2.62 bits per heavy atom. The lowest BCUT2D eigenvalue weighted by Gasteiger charge is -2.01. The smallest absolute Gasteiger partial charge is 0.0412 e. The van der Waals surface area contributed by atoms with Crippen LogP contribution in [-0.2, 0) is 0 Å². The number of hydrogen-bond acceptors (Lipinski definition) is 0. The molecule has 1 rings (SSSR count). The molecule has 66 valence electrons. The SMILES string of the molecule is C=CC=C(C=C)c1cccc(Cl)c1. The van der Waals surface area contributed by atoms with Crippen LogP contribution in [0.5, 0.6) is 0 Å². The summed E-state index contributed by atoms with van der Waals surface area (Å²) in [6.45, 7) is 7.37. The van der Waals surface area contributed by atoms with Crippen LogP contribution in [0.3, 0.4) is 0 Å². The first-order valence-corrected chi connectivity index (χ1v) is 4.37. The van der Waals surface area contributed by atoms with E-state index in [4.69, 9.17) is 11.6 Å². The van der Waals surface area contributed by atoms with E-state index in [0.717, 1.165) is 16.2 Å². The minimum Gasteiger partial charge on any atom is -0.0990 e. The highest BCUT2D eigenvalue weighted by atomic mass is 35.5. The van der Waals surface area contributed by atoms with Crippen molar-refractivity contribution in [2.75, 3.05) is 0 Å². The zero-order valence-corrected chi connectivity index (χ0v) is 8.09. The van der Waals surface area contributed by atoms with Crippen molar-refractivity contribution in [1.29, 1.82) is 0 Å². The second kappa shape index (κ2) is 4.68. The molecule has 13 heavy (non-hydrogen) atoms. The van der Waals surface area contributed by atoms with Gasteiger partial charge in [0.15, 0.2) is 0 Å². The second-order valence-corrected chi connectivity index (χ2v) is 3.01. The Kier molecular flexibility index (Phi) is 3.53. The minimum absolute atomic E-state index is 0.731. The van der Waals surface area contributed by atoms with Gasteiger partial charge in [0, 0.05) is 5.02 Å². The van der Waals surface area contributed by atoms with Crippen LogP contribution in [0.25, 0.3) is 5.57 Å². The van der Waals surface area contributed by atoms with E-state index in [9.17, 15) is 0 Å². The number of allylic oxidation sites excluding steroid dienone is 4. The molecule has 0 amide bonds. The largest absolute Gasteiger partial charge is 0.0990 e. The summed E-state index contributed by atoms with van der Waals surface area (Å²) in [6, 6.07) is 7.65. The molecule has 0 aromatic heterocycles. The third kappa shape index (κ3) is 2.60. The van der Waals surface area contributed by atoms with Crippen molar-refractivity contribution in [2.24, 2.45) is 0 Å². The van der Waals surface area contributed by atoms with E-state index in [0.29, 0.717) is 0 Å². The summed E-state index contributed by atoms with van der Waals surface area (Å²) >= 11 is 5.86. The molecule has 0 aliphatic heterocycles. The highest BCUT2D eigenvalue weighted by Crippen LogP contribution is 2.19. The number of benzene rings is 1. The molecular formula is C12H11Cl. The molecule has 0 heterocycles. The van der Waals surface area contributed by atoms with Crippen LogP contribution in [0.15, 0.2) is 55.7 Å². The Morgan fingerprint density at radius 2 is 2.08 bits per heavy atom. The highest BCUT2D eigenvalue weighted by molar-refractivity contribution is 6.30. The van der Waals surface area contributed by atoms with Crippen molar-refractivity contribution in [3.63, 3.8) is 0 Å². The van der Waals surface area contributed by atoms with Gasteiger partial charge in [0.1, 0.15) is 0 Å². The predicted octanol–water partition coefficient (Wildman–Crippen LogP) is 4.10. The van der Waals surface area contributed by atoms with Gasteiger partial charge in [0.05, 0.1) is 0 Å². The average molecular weight is 191 g/mol. The van der Waals surface area contributed by atoms with E-state index in [-0.39, 0.29) is 0 Å². The lowest BCUT2D eigenvalue weighted by molar-refractivity contribution is 1.62. The molecular weight excluding hydrogens is 180 g/mol. The van der Waals surface area contributed by atoms with Gasteiger partial charge < -0.3 is 0 Å². The molecule has 0 saturated carbocycles. The molecule has 1 heteroatoms. The summed E-state index contributed by atoms with van der Waals surface area (Å²) in [4.78, 5) is 0. The van der Waals surface area contributed by atoms with E-state index in [1.165, 1.54) is 0 Å². The molecule has 0 radical (unpaired) electrons. The fourth-order valence-electron chi connectivity index (χ4n) is 1.08. The third-order valence-electron chi connectivity index (χ3n) is 1.68. The lowest BCUT2D eigenvalue weighted by Crippen LogP contribution is -1.79. The first-order chi connectivity index (χ1) is 6.27. The standard InChI is InChI=1S/C12H11Cl/c1-3-6-10(4-2)11-7-5-8-12(13)9-11/h3-9H,1-2H2. The Morgan fingerprint density at radius 1 is 1.31 bits per heavy atom. The fourth-order valence-corrected chi connectivity index (χ4v) is 1.27. The van der Waals surface area contributed by atoms with Crippen molar-refractivity contribution < 1.29 is 0 Å². The zero-order valence-electron chi connectivity index (χ0n) is 7.33. The zero-order chi connectivity index (χ0) is 9.68. The van der Waals surface area contributed by atoms with E-state index in [2.05, 4.69) is 13.2 Å². The molecule has 0 unspecified atom stereocenters. The molecule has 0 fully saturated rings. The van der Waals surface area contributed by atoms with Gasteiger partial charge in [-0.2, -0.15) is 0 Å². The summed E-state index contributed by atoms with van der Waals surface area (Å²) in [5.41, 5.74) is 2.08. The van der Waals surface area contributed by atoms with Crippen LogP contribution in [0.1, 0.15) is 5.56 Å². The molecule has 0 N–H and O–H groups in total. The van der Waals surface area contributed by atoms with E-state index in [1.807, 2.05) is 30.3 Å². The molecule has 0 nitrogen and oxygen atoms in total. The van der Waals surface area contributed by atoms with Crippen LogP contribution in [-0.4, -0.2) is 0 Å². The molecule has 0 bridgehead atoms. The van der Waals surface area contributed by atoms with Crippen LogP contribution >= 0.6 is 11.6 Å². The topological polar surface area (TPSA) is 0 Å². The summed E-state index contributed by atoms with van der Waals surface area (Å²) in [5.74, 6) is 0. The predicted molar refractivity (Wildman–Crippen MR) is 59.8 cm³/mol. The average Bonchev–Trinajstić information content (AvgIpc) is 2.14. The fraction of sp³-hybridized carbons (Fsp3) is 0. The van der Waals surface area contributed by atoms with Gasteiger partial charge >= 0.3 is 0 Å². The summed E-state index contributed by atoms with van der Waals surface area (Å²) in [7, 11) is 0. The van der Waals surface area contributed by atoms with Crippen molar-refractivity contribution in [3.8, 4) is 0 Å².